The molecule has 0 amide bonds. The number of nitrogens with one attached hydrogen (secondary N) is 1. The molecule has 2 aromatic rings. The molecule has 1 aromatic carbocycles. The molecule has 0 saturated carbocycles. The molecule has 1 heterocycles. The van der Waals surface area contributed by atoms with Gasteiger partial charge in [0.15, 0.2) is 5.82 Å². The quantitative estimate of drug-likeness (QED) is 0.821. The van der Waals surface area contributed by atoms with Gasteiger partial charge in [-0.25, -0.2) is 0 Å². The summed E-state index contributed by atoms with van der Waals surface area (Å²) >= 11 is 5.84. The van der Waals surface area contributed by atoms with Crippen LogP contribution in [0, 0.1) is 0 Å². The van der Waals surface area contributed by atoms with Crippen molar-refractivity contribution in [3.05, 3.63) is 35.4 Å². The fraction of sp³-hybridized carbons (Fsp3) is 0.273. The number of aryl methyl sites for hydroxylation is 1. The summed E-state index contributed by atoms with van der Waals surface area (Å²) in [4.78, 5) is 0. The molecule has 0 aliphatic heterocycles. The van der Waals surface area contributed by atoms with E-state index < -0.39 is 0 Å². The summed E-state index contributed by atoms with van der Waals surface area (Å²) in [5.74, 6) is 0.847. The van der Waals surface area contributed by atoms with Gasteiger partial charge in [-0.2, -0.15) is 0 Å². The summed E-state index contributed by atoms with van der Waals surface area (Å²) in [6.45, 7) is 2.00. The number of anilines is 2. The van der Waals surface area contributed by atoms with Gasteiger partial charge in [-0.15, -0.1) is 10.2 Å². The van der Waals surface area contributed by atoms with Gasteiger partial charge in [0.05, 0.1) is 17.4 Å². The first-order valence-corrected chi connectivity index (χ1v) is 5.61. The van der Waals surface area contributed by atoms with E-state index in [1.165, 1.54) is 0 Å². The smallest absolute Gasteiger partial charge is 0.154 e. The molecule has 0 aliphatic carbocycles. The number of hydrogen-bond acceptors (Lipinski definition) is 4. The zero-order chi connectivity index (χ0) is 12.4. The Labute approximate surface area is 105 Å². The largest absolute Gasteiger partial charge is 0.397 e. The Morgan fingerprint density at radius 1 is 1.47 bits per heavy atom. The van der Waals surface area contributed by atoms with Crippen molar-refractivity contribution in [1.29, 1.82) is 0 Å². The Bertz CT molecular complexity index is 522. The van der Waals surface area contributed by atoms with Crippen molar-refractivity contribution in [3.8, 4) is 0 Å². The van der Waals surface area contributed by atoms with Gasteiger partial charge in [-0.1, -0.05) is 11.6 Å². The van der Waals surface area contributed by atoms with Gasteiger partial charge in [0.1, 0.15) is 6.33 Å². The third-order valence-electron chi connectivity index (χ3n) is 2.52. The number of nitrogens with zero attached hydrogens (tertiary/aromatic N) is 3. The predicted molar refractivity (Wildman–Crippen MR) is 68.9 cm³/mol. The minimum absolute atomic E-state index is 0.0194. The van der Waals surface area contributed by atoms with E-state index >= 15 is 0 Å². The molecule has 0 bridgehead atoms. The topological polar surface area (TPSA) is 68.8 Å². The summed E-state index contributed by atoms with van der Waals surface area (Å²) in [7, 11) is 1.90. The lowest BCUT2D eigenvalue weighted by atomic mass is 10.2. The van der Waals surface area contributed by atoms with Crippen molar-refractivity contribution < 1.29 is 0 Å². The Morgan fingerprint density at radius 3 is 2.82 bits per heavy atom. The van der Waals surface area contributed by atoms with Gasteiger partial charge >= 0.3 is 0 Å². The average Bonchev–Trinajstić information content (AvgIpc) is 2.68. The summed E-state index contributed by atoms with van der Waals surface area (Å²) in [6.07, 6.45) is 1.67. The van der Waals surface area contributed by atoms with Crippen LogP contribution in [-0.2, 0) is 7.05 Å². The molecule has 1 atom stereocenters. The number of nitrogen functional groups attached to an aromatic ring is 1. The maximum Gasteiger partial charge on any atom is 0.154 e. The summed E-state index contributed by atoms with van der Waals surface area (Å²) in [6, 6.07) is 5.38. The van der Waals surface area contributed by atoms with Crippen LogP contribution in [0.3, 0.4) is 0 Å². The molecule has 90 valence electrons. The van der Waals surface area contributed by atoms with Crippen molar-refractivity contribution in [3.63, 3.8) is 0 Å². The van der Waals surface area contributed by atoms with Crippen LogP contribution in [0.1, 0.15) is 18.8 Å². The second-order valence-corrected chi connectivity index (χ2v) is 4.33. The molecule has 0 fully saturated rings. The number of rotatable bonds is 3. The molecule has 5 nitrogen and oxygen atoms in total. The van der Waals surface area contributed by atoms with Crippen molar-refractivity contribution in [2.24, 2.45) is 7.05 Å². The van der Waals surface area contributed by atoms with E-state index in [0.717, 1.165) is 11.5 Å². The first-order valence-electron chi connectivity index (χ1n) is 5.23. The fourth-order valence-corrected chi connectivity index (χ4v) is 1.83. The first-order chi connectivity index (χ1) is 8.08. The van der Waals surface area contributed by atoms with Crippen LogP contribution in [0.15, 0.2) is 24.5 Å². The van der Waals surface area contributed by atoms with Gasteiger partial charge in [-0.05, 0) is 25.1 Å². The molecule has 0 radical (unpaired) electrons. The molecular weight excluding hydrogens is 238 g/mol. The van der Waals surface area contributed by atoms with Crippen LogP contribution in [0.2, 0.25) is 5.02 Å². The monoisotopic (exact) mass is 251 g/mol. The van der Waals surface area contributed by atoms with E-state index in [1.807, 2.05) is 24.6 Å². The molecule has 1 aromatic heterocycles. The first kappa shape index (κ1) is 11.7. The normalized spacial score (nSPS) is 12.4. The standard InChI is InChI=1S/C11H14ClN5/c1-7(11-16-14-6-17(11)2)15-10-4-3-8(12)5-9(10)13/h3-7,15H,13H2,1-2H3. The lowest BCUT2D eigenvalue weighted by Crippen LogP contribution is -2.12. The highest BCUT2D eigenvalue weighted by molar-refractivity contribution is 6.31. The van der Waals surface area contributed by atoms with Crippen molar-refractivity contribution >= 4 is 23.0 Å². The van der Waals surface area contributed by atoms with Gasteiger partial charge < -0.3 is 15.6 Å². The van der Waals surface area contributed by atoms with Gasteiger partial charge in [0, 0.05) is 12.1 Å². The van der Waals surface area contributed by atoms with Crippen LogP contribution in [0.25, 0.3) is 0 Å². The number of nitrogens with two attached hydrogens (primary N) is 1. The number of hydrogen-bond donors (Lipinski definition) is 2. The minimum Gasteiger partial charge on any atom is -0.397 e. The van der Waals surface area contributed by atoms with Crippen molar-refractivity contribution in [2.45, 2.75) is 13.0 Å². The number of benzene rings is 1. The van der Waals surface area contributed by atoms with Crippen LogP contribution in [-0.4, -0.2) is 14.8 Å². The highest BCUT2D eigenvalue weighted by atomic mass is 35.5. The molecule has 17 heavy (non-hydrogen) atoms. The Hall–Kier alpha value is -1.75. The van der Waals surface area contributed by atoms with E-state index in [1.54, 1.807) is 18.5 Å². The molecule has 2 rings (SSSR count). The van der Waals surface area contributed by atoms with E-state index in [9.17, 15) is 0 Å². The van der Waals surface area contributed by atoms with Gasteiger partial charge in [0.2, 0.25) is 0 Å². The number of halogens is 1. The van der Waals surface area contributed by atoms with Crippen LogP contribution in [0.4, 0.5) is 11.4 Å². The molecular formula is C11H14ClN5. The lowest BCUT2D eigenvalue weighted by molar-refractivity contribution is 0.719. The maximum absolute atomic E-state index is 5.87. The van der Waals surface area contributed by atoms with E-state index in [0.29, 0.717) is 10.7 Å². The van der Waals surface area contributed by atoms with Gasteiger partial charge in [0.25, 0.3) is 0 Å². The van der Waals surface area contributed by atoms with Crippen LogP contribution in [0.5, 0.6) is 0 Å². The Kier molecular flexibility index (Phi) is 3.19. The minimum atomic E-state index is 0.0194. The second kappa shape index (κ2) is 4.63. The zero-order valence-corrected chi connectivity index (χ0v) is 10.4. The van der Waals surface area contributed by atoms with Crippen molar-refractivity contribution in [1.82, 2.24) is 14.8 Å². The fourth-order valence-electron chi connectivity index (χ4n) is 1.65. The summed E-state index contributed by atoms with van der Waals surface area (Å²) < 4.78 is 1.86. The van der Waals surface area contributed by atoms with E-state index in [4.69, 9.17) is 17.3 Å². The summed E-state index contributed by atoms with van der Waals surface area (Å²) in [5, 5.41) is 11.8. The molecule has 3 N–H and O–H groups in total. The SMILES string of the molecule is CC(Nc1ccc(Cl)cc1N)c1nncn1C. The molecule has 1 unspecified atom stereocenters. The van der Waals surface area contributed by atoms with E-state index in [-0.39, 0.29) is 6.04 Å². The van der Waals surface area contributed by atoms with Crippen LogP contribution < -0.4 is 11.1 Å². The average molecular weight is 252 g/mol. The Morgan fingerprint density at radius 2 is 2.24 bits per heavy atom. The molecule has 0 aliphatic rings. The summed E-state index contributed by atoms with van der Waals surface area (Å²) in [5.41, 5.74) is 7.33. The molecule has 0 spiro atoms. The molecule has 0 saturated heterocycles. The lowest BCUT2D eigenvalue weighted by Gasteiger charge is -2.16. The Balaban J connectivity index is 2.19. The molecule has 6 heteroatoms. The predicted octanol–water partition coefficient (Wildman–Crippen LogP) is 2.22. The highest BCUT2D eigenvalue weighted by Crippen LogP contribution is 2.25. The van der Waals surface area contributed by atoms with Gasteiger partial charge in [-0.3, -0.25) is 0 Å². The third kappa shape index (κ3) is 2.50. The maximum atomic E-state index is 5.87. The van der Waals surface area contributed by atoms with E-state index in [2.05, 4.69) is 15.5 Å². The second-order valence-electron chi connectivity index (χ2n) is 3.90. The van der Waals surface area contributed by atoms with Crippen molar-refractivity contribution in [2.75, 3.05) is 11.1 Å². The van der Waals surface area contributed by atoms with Crippen LogP contribution >= 0.6 is 11.6 Å². The highest BCUT2D eigenvalue weighted by Gasteiger charge is 2.12. The third-order valence-corrected chi connectivity index (χ3v) is 2.75. The number of aromatic nitrogens is 3. The zero-order valence-electron chi connectivity index (χ0n) is 9.68.